The Bertz CT molecular complexity index is 291. The smallest absolute Gasteiger partial charge is 0.142 e. The predicted octanol–water partition coefficient (Wildman–Crippen LogP) is 1.73. The summed E-state index contributed by atoms with van der Waals surface area (Å²) in [5.74, 6) is 0.695. The topological polar surface area (TPSA) is 32.7 Å². The standard InChI is InChI=1S/C9H12ClNO2/c1-11(6-12)8-5-7(10)3-4-9(8)13-2/h3-5,12H,6H2,1-2H3. The number of hydrogen-bond acceptors (Lipinski definition) is 3. The summed E-state index contributed by atoms with van der Waals surface area (Å²) < 4.78 is 5.11. The summed E-state index contributed by atoms with van der Waals surface area (Å²) in [5, 5.41) is 9.55. The van der Waals surface area contributed by atoms with Crippen molar-refractivity contribution in [2.45, 2.75) is 0 Å². The van der Waals surface area contributed by atoms with E-state index in [1.165, 1.54) is 0 Å². The van der Waals surface area contributed by atoms with Crippen LogP contribution in [0, 0.1) is 0 Å². The number of halogens is 1. The van der Waals surface area contributed by atoms with Gasteiger partial charge >= 0.3 is 0 Å². The number of aliphatic hydroxyl groups excluding tert-OH is 1. The number of ether oxygens (including phenoxy) is 1. The van der Waals surface area contributed by atoms with Gasteiger partial charge in [0.25, 0.3) is 0 Å². The molecule has 0 unspecified atom stereocenters. The second kappa shape index (κ2) is 4.35. The van der Waals surface area contributed by atoms with E-state index in [-0.39, 0.29) is 6.73 Å². The molecular weight excluding hydrogens is 190 g/mol. The van der Waals surface area contributed by atoms with Gasteiger partial charge in [0.15, 0.2) is 0 Å². The van der Waals surface area contributed by atoms with E-state index in [1.54, 1.807) is 37.3 Å². The number of methoxy groups -OCH3 is 1. The Balaban J connectivity index is 3.07. The molecule has 0 bridgehead atoms. The molecule has 0 atom stereocenters. The van der Waals surface area contributed by atoms with Gasteiger partial charge in [-0.15, -0.1) is 0 Å². The highest BCUT2D eigenvalue weighted by atomic mass is 35.5. The van der Waals surface area contributed by atoms with E-state index >= 15 is 0 Å². The average molecular weight is 202 g/mol. The number of hydrogen-bond donors (Lipinski definition) is 1. The maximum absolute atomic E-state index is 8.93. The normalized spacial score (nSPS) is 9.85. The van der Waals surface area contributed by atoms with Crippen molar-refractivity contribution in [3.05, 3.63) is 23.2 Å². The zero-order chi connectivity index (χ0) is 9.84. The van der Waals surface area contributed by atoms with Gasteiger partial charge in [-0.2, -0.15) is 0 Å². The zero-order valence-corrected chi connectivity index (χ0v) is 8.38. The van der Waals surface area contributed by atoms with Crippen molar-refractivity contribution in [2.24, 2.45) is 0 Å². The molecule has 0 fully saturated rings. The van der Waals surface area contributed by atoms with Crippen molar-refractivity contribution in [1.82, 2.24) is 0 Å². The van der Waals surface area contributed by atoms with E-state index < -0.39 is 0 Å². The van der Waals surface area contributed by atoms with Crippen LogP contribution >= 0.6 is 11.6 Å². The molecule has 0 spiro atoms. The van der Waals surface area contributed by atoms with Gasteiger partial charge in [0.05, 0.1) is 12.8 Å². The maximum atomic E-state index is 8.93. The lowest BCUT2D eigenvalue weighted by molar-refractivity contribution is 0.296. The van der Waals surface area contributed by atoms with Crippen LogP contribution in [-0.2, 0) is 0 Å². The van der Waals surface area contributed by atoms with E-state index in [2.05, 4.69) is 0 Å². The largest absolute Gasteiger partial charge is 0.495 e. The quantitative estimate of drug-likeness (QED) is 0.757. The van der Waals surface area contributed by atoms with Crippen LogP contribution in [0.1, 0.15) is 0 Å². The van der Waals surface area contributed by atoms with Gasteiger partial charge in [0.2, 0.25) is 0 Å². The molecule has 3 nitrogen and oxygen atoms in total. The number of aliphatic hydroxyl groups is 1. The molecule has 1 aromatic rings. The number of nitrogens with zero attached hydrogens (tertiary/aromatic N) is 1. The zero-order valence-electron chi connectivity index (χ0n) is 7.62. The molecular formula is C9H12ClNO2. The van der Waals surface area contributed by atoms with Crippen molar-refractivity contribution in [2.75, 3.05) is 25.8 Å². The van der Waals surface area contributed by atoms with Gasteiger partial charge in [-0.1, -0.05) is 11.6 Å². The summed E-state index contributed by atoms with van der Waals surface area (Å²) in [4.78, 5) is 1.64. The SMILES string of the molecule is COc1ccc(Cl)cc1N(C)CO. The monoisotopic (exact) mass is 201 g/mol. The van der Waals surface area contributed by atoms with E-state index in [0.717, 1.165) is 5.69 Å². The summed E-state index contributed by atoms with van der Waals surface area (Å²) in [6.45, 7) is -0.0727. The minimum atomic E-state index is -0.0727. The van der Waals surface area contributed by atoms with Gasteiger partial charge in [-0.3, -0.25) is 0 Å². The fourth-order valence-electron chi connectivity index (χ4n) is 1.04. The van der Waals surface area contributed by atoms with E-state index in [4.69, 9.17) is 21.4 Å². The van der Waals surface area contributed by atoms with Gasteiger partial charge in [-0.05, 0) is 18.2 Å². The van der Waals surface area contributed by atoms with Crippen LogP contribution in [0.25, 0.3) is 0 Å². The first-order chi connectivity index (χ1) is 6.19. The fourth-order valence-corrected chi connectivity index (χ4v) is 1.20. The van der Waals surface area contributed by atoms with Gasteiger partial charge in [0, 0.05) is 12.1 Å². The third-order valence-electron chi connectivity index (χ3n) is 1.76. The van der Waals surface area contributed by atoms with Crippen LogP contribution < -0.4 is 9.64 Å². The van der Waals surface area contributed by atoms with Crippen molar-refractivity contribution in [3.63, 3.8) is 0 Å². The minimum absolute atomic E-state index is 0.0727. The first-order valence-electron chi connectivity index (χ1n) is 3.84. The Morgan fingerprint density at radius 2 is 2.23 bits per heavy atom. The third-order valence-corrected chi connectivity index (χ3v) is 2.00. The molecule has 4 heteroatoms. The Morgan fingerprint density at radius 3 is 2.77 bits per heavy atom. The minimum Gasteiger partial charge on any atom is -0.495 e. The van der Waals surface area contributed by atoms with Gasteiger partial charge in [-0.25, -0.2) is 0 Å². The lowest BCUT2D eigenvalue weighted by Crippen LogP contribution is -2.18. The van der Waals surface area contributed by atoms with Crippen molar-refractivity contribution < 1.29 is 9.84 Å². The molecule has 0 aromatic heterocycles. The molecule has 1 N–H and O–H groups in total. The maximum Gasteiger partial charge on any atom is 0.142 e. The fraction of sp³-hybridized carbons (Fsp3) is 0.333. The highest BCUT2D eigenvalue weighted by molar-refractivity contribution is 6.30. The molecule has 0 saturated carbocycles. The summed E-state index contributed by atoms with van der Waals surface area (Å²) in [5.41, 5.74) is 0.775. The lowest BCUT2D eigenvalue weighted by Gasteiger charge is -2.18. The Hall–Kier alpha value is -0.930. The van der Waals surface area contributed by atoms with Crippen LogP contribution in [0.3, 0.4) is 0 Å². The molecule has 1 aromatic carbocycles. The van der Waals surface area contributed by atoms with Crippen LogP contribution in [0.2, 0.25) is 5.02 Å². The average Bonchev–Trinajstić information content (AvgIpc) is 2.16. The van der Waals surface area contributed by atoms with Gasteiger partial charge in [0.1, 0.15) is 12.5 Å². The summed E-state index contributed by atoms with van der Waals surface area (Å²) in [6, 6.07) is 5.26. The number of benzene rings is 1. The Labute approximate surface area is 82.5 Å². The second-order valence-electron chi connectivity index (χ2n) is 2.66. The summed E-state index contributed by atoms with van der Waals surface area (Å²) in [7, 11) is 3.34. The van der Waals surface area contributed by atoms with Crippen LogP contribution in [0.4, 0.5) is 5.69 Å². The third kappa shape index (κ3) is 2.26. The lowest BCUT2D eigenvalue weighted by atomic mass is 10.3. The highest BCUT2D eigenvalue weighted by Gasteiger charge is 2.07. The first-order valence-corrected chi connectivity index (χ1v) is 4.22. The van der Waals surface area contributed by atoms with Crippen molar-refractivity contribution in [3.8, 4) is 5.75 Å². The van der Waals surface area contributed by atoms with Crippen LogP contribution in [0.15, 0.2) is 18.2 Å². The second-order valence-corrected chi connectivity index (χ2v) is 3.09. The summed E-state index contributed by atoms with van der Waals surface area (Å²) >= 11 is 5.81. The molecule has 0 saturated heterocycles. The molecule has 72 valence electrons. The van der Waals surface area contributed by atoms with E-state index in [0.29, 0.717) is 10.8 Å². The predicted molar refractivity (Wildman–Crippen MR) is 53.5 cm³/mol. The number of anilines is 1. The van der Waals surface area contributed by atoms with Crippen LogP contribution in [0.5, 0.6) is 5.75 Å². The summed E-state index contributed by atoms with van der Waals surface area (Å²) in [6.07, 6.45) is 0. The van der Waals surface area contributed by atoms with Crippen LogP contribution in [-0.4, -0.2) is 26.0 Å². The van der Waals surface area contributed by atoms with Crippen molar-refractivity contribution >= 4 is 17.3 Å². The molecule has 0 aliphatic rings. The molecule has 0 aliphatic heterocycles. The molecule has 0 aliphatic carbocycles. The highest BCUT2D eigenvalue weighted by Crippen LogP contribution is 2.29. The first kappa shape index (κ1) is 10.2. The van der Waals surface area contributed by atoms with Gasteiger partial charge < -0.3 is 14.7 Å². The molecule has 0 amide bonds. The Kier molecular flexibility index (Phi) is 3.39. The van der Waals surface area contributed by atoms with Crippen molar-refractivity contribution in [1.29, 1.82) is 0 Å². The Morgan fingerprint density at radius 1 is 1.54 bits per heavy atom. The van der Waals surface area contributed by atoms with E-state index in [1.807, 2.05) is 0 Å². The molecule has 0 radical (unpaired) electrons. The molecule has 1 rings (SSSR count). The molecule has 13 heavy (non-hydrogen) atoms. The molecule has 0 heterocycles. The number of rotatable bonds is 3. The van der Waals surface area contributed by atoms with E-state index in [9.17, 15) is 0 Å².